The molecule has 1 aliphatic rings. The number of likely N-dealkylation sites (N-methyl/N-ethyl adjacent to an activating group) is 1. The van der Waals surface area contributed by atoms with Crippen molar-refractivity contribution in [1.29, 1.82) is 0 Å². The minimum absolute atomic E-state index is 0.0548. The number of carbonyl (C=O) groups excluding carboxylic acids is 1. The Hall–Kier alpha value is -0.610. The maximum absolute atomic E-state index is 10.9. The highest BCUT2D eigenvalue weighted by Gasteiger charge is 2.20. The SMILES string of the molecule is CCC(=O)OC[C@H]1CN(CC)CCO1. The molecule has 14 heavy (non-hydrogen) atoms. The van der Waals surface area contributed by atoms with E-state index in [0.29, 0.717) is 13.0 Å². The molecule has 0 aromatic carbocycles. The van der Waals surface area contributed by atoms with Crippen LogP contribution in [0.2, 0.25) is 0 Å². The van der Waals surface area contributed by atoms with Crippen LogP contribution in [0.3, 0.4) is 0 Å². The number of rotatable bonds is 4. The zero-order valence-electron chi connectivity index (χ0n) is 8.99. The lowest BCUT2D eigenvalue weighted by atomic mass is 10.3. The van der Waals surface area contributed by atoms with Crippen molar-refractivity contribution >= 4 is 5.97 Å². The zero-order valence-corrected chi connectivity index (χ0v) is 8.99. The quantitative estimate of drug-likeness (QED) is 0.626. The van der Waals surface area contributed by atoms with Crippen molar-refractivity contribution in [2.45, 2.75) is 26.4 Å². The van der Waals surface area contributed by atoms with Crippen molar-refractivity contribution in [3.8, 4) is 0 Å². The van der Waals surface area contributed by atoms with E-state index in [1.807, 2.05) is 0 Å². The van der Waals surface area contributed by atoms with Crippen molar-refractivity contribution in [3.63, 3.8) is 0 Å². The Kier molecular flexibility index (Phi) is 4.90. The fourth-order valence-corrected chi connectivity index (χ4v) is 1.46. The normalized spacial score (nSPS) is 23.4. The molecule has 0 amide bonds. The van der Waals surface area contributed by atoms with Crippen molar-refractivity contribution in [2.75, 3.05) is 32.8 Å². The molecule has 82 valence electrons. The van der Waals surface area contributed by atoms with E-state index in [-0.39, 0.29) is 12.1 Å². The molecule has 1 atom stereocenters. The number of carbonyl (C=O) groups is 1. The number of nitrogens with zero attached hydrogens (tertiary/aromatic N) is 1. The third kappa shape index (κ3) is 3.64. The monoisotopic (exact) mass is 201 g/mol. The van der Waals surface area contributed by atoms with Gasteiger partial charge >= 0.3 is 5.97 Å². The van der Waals surface area contributed by atoms with Crippen LogP contribution in [-0.2, 0) is 14.3 Å². The van der Waals surface area contributed by atoms with Gasteiger partial charge in [0, 0.05) is 19.5 Å². The van der Waals surface area contributed by atoms with E-state index >= 15 is 0 Å². The topological polar surface area (TPSA) is 38.8 Å². The molecule has 0 unspecified atom stereocenters. The van der Waals surface area contributed by atoms with E-state index in [2.05, 4.69) is 11.8 Å². The van der Waals surface area contributed by atoms with Gasteiger partial charge in [-0.3, -0.25) is 9.69 Å². The predicted octanol–water partition coefficient (Wildman–Crippen LogP) is 0.660. The second kappa shape index (κ2) is 5.98. The predicted molar refractivity (Wildman–Crippen MR) is 53.1 cm³/mol. The molecule has 1 fully saturated rings. The van der Waals surface area contributed by atoms with Crippen LogP contribution < -0.4 is 0 Å². The summed E-state index contributed by atoms with van der Waals surface area (Å²) in [4.78, 5) is 13.2. The summed E-state index contributed by atoms with van der Waals surface area (Å²) in [5, 5.41) is 0. The molecule has 0 N–H and O–H groups in total. The fourth-order valence-electron chi connectivity index (χ4n) is 1.46. The highest BCUT2D eigenvalue weighted by atomic mass is 16.6. The van der Waals surface area contributed by atoms with Gasteiger partial charge in [0.15, 0.2) is 0 Å². The minimum atomic E-state index is -0.151. The average molecular weight is 201 g/mol. The first-order valence-electron chi connectivity index (χ1n) is 5.25. The number of hydrogen-bond acceptors (Lipinski definition) is 4. The highest BCUT2D eigenvalue weighted by Crippen LogP contribution is 2.05. The second-order valence-corrected chi connectivity index (χ2v) is 3.42. The largest absolute Gasteiger partial charge is 0.463 e. The molecule has 0 aromatic rings. The molecule has 0 saturated carbocycles. The van der Waals surface area contributed by atoms with Gasteiger partial charge in [-0.25, -0.2) is 0 Å². The standard InChI is InChI=1S/C10H19NO3/c1-3-10(12)14-8-9-7-11(4-2)5-6-13-9/h9H,3-8H2,1-2H3/t9-/m1/s1. The molecular formula is C10H19NO3. The van der Waals surface area contributed by atoms with Crippen LogP contribution >= 0.6 is 0 Å². The molecule has 4 nitrogen and oxygen atoms in total. The van der Waals surface area contributed by atoms with Crippen LogP contribution in [0.25, 0.3) is 0 Å². The minimum Gasteiger partial charge on any atom is -0.463 e. The Balaban J connectivity index is 2.20. The zero-order chi connectivity index (χ0) is 10.4. The Labute approximate surface area is 85.2 Å². The number of hydrogen-bond donors (Lipinski definition) is 0. The van der Waals surface area contributed by atoms with E-state index in [1.54, 1.807) is 6.92 Å². The van der Waals surface area contributed by atoms with Crippen LogP contribution in [0, 0.1) is 0 Å². The fraction of sp³-hybridized carbons (Fsp3) is 0.900. The summed E-state index contributed by atoms with van der Waals surface area (Å²) >= 11 is 0. The molecule has 0 aromatic heterocycles. The third-order valence-electron chi connectivity index (χ3n) is 2.39. The van der Waals surface area contributed by atoms with E-state index in [0.717, 1.165) is 26.2 Å². The molecular weight excluding hydrogens is 182 g/mol. The lowest BCUT2D eigenvalue weighted by Gasteiger charge is -2.31. The van der Waals surface area contributed by atoms with Gasteiger partial charge < -0.3 is 9.47 Å². The smallest absolute Gasteiger partial charge is 0.305 e. The summed E-state index contributed by atoms with van der Waals surface area (Å²) < 4.78 is 10.5. The summed E-state index contributed by atoms with van der Waals surface area (Å²) in [6, 6.07) is 0. The molecule has 0 spiro atoms. The first-order valence-corrected chi connectivity index (χ1v) is 5.25. The number of morpholine rings is 1. The molecule has 0 bridgehead atoms. The summed E-state index contributed by atoms with van der Waals surface area (Å²) in [6.45, 7) is 7.93. The van der Waals surface area contributed by atoms with Crippen LogP contribution in [-0.4, -0.2) is 49.8 Å². The summed E-state index contributed by atoms with van der Waals surface area (Å²) in [7, 11) is 0. The van der Waals surface area contributed by atoms with Gasteiger partial charge in [0.1, 0.15) is 12.7 Å². The van der Waals surface area contributed by atoms with E-state index in [1.165, 1.54) is 0 Å². The molecule has 1 heterocycles. The van der Waals surface area contributed by atoms with Crippen molar-refractivity contribution < 1.29 is 14.3 Å². The first kappa shape index (κ1) is 11.5. The van der Waals surface area contributed by atoms with Crippen LogP contribution in [0.1, 0.15) is 20.3 Å². The summed E-state index contributed by atoms with van der Waals surface area (Å²) in [5.74, 6) is -0.151. The second-order valence-electron chi connectivity index (χ2n) is 3.42. The van der Waals surface area contributed by atoms with Gasteiger partial charge in [0.05, 0.1) is 6.61 Å². The van der Waals surface area contributed by atoms with Gasteiger partial charge in [-0.05, 0) is 6.54 Å². The summed E-state index contributed by atoms with van der Waals surface area (Å²) in [5.41, 5.74) is 0. The van der Waals surface area contributed by atoms with E-state index < -0.39 is 0 Å². The van der Waals surface area contributed by atoms with Crippen molar-refractivity contribution in [2.24, 2.45) is 0 Å². The molecule has 0 aliphatic carbocycles. The Bertz CT molecular complexity index is 184. The maximum atomic E-state index is 10.9. The van der Waals surface area contributed by atoms with Crippen molar-refractivity contribution in [3.05, 3.63) is 0 Å². The van der Waals surface area contributed by atoms with Gasteiger partial charge in [0.25, 0.3) is 0 Å². The number of ether oxygens (including phenoxy) is 2. The Morgan fingerprint density at radius 3 is 3.00 bits per heavy atom. The maximum Gasteiger partial charge on any atom is 0.305 e. The van der Waals surface area contributed by atoms with Crippen molar-refractivity contribution in [1.82, 2.24) is 4.90 Å². The van der Waals surface area contributed by atoms with Gasteiger partial charge in [-0.15, -0.1) is 0 Å². The van der Waals surface area contributed by atoms with Crippen LogP contribution in [0.4, 0.5) is 0 Å². The molecule has 1 aliphatic heterocycles. The summed E-state index contributed by atoms with van der Waals surface area (Å²) in [6.07, 6.45) is 0.490. The molecule has 0 radical (unpaired) electrons. The first-order chi connectivity index (χ1) is 6.76. The van der Waals surface area contributed by atoms with Gasteiger partial charge in [-0.1, -0.05) is 13.8 Å². The van der Waals surface area contributed by atoms with Crippen LogP contribution in [0.15, 0.2) is 0 Å². The third-order valence-corrected chi connectivity index (χ3v) is 2.39. The Morgan fingerprint density at radius 1 is 1.57 bits per heavy atom. The Morgan fingerprint density at radius 2 is 2.36 bits per heavy atom. The van der Waals surface area contributed by atoms with E-state index in [9.17, 15) is 4.79 Å². The van der Waals surface area contributed by atoms with E-state index in [4.69, 9.17) is 9.47 Å². The van der Waals surface area contributed by atoms with Gasteiger partial charge in [0.2, 0.25) is 0 Å². The molecule has 4 heteroatoms. The lowest BCUT2D eigenvalue weighted by Crippen LogP contribution is -2.44. The lowest BCUT2D eigenvalue weighted by molar-refractivity contribution is -0.150. The molecule has 1 saturated heterocycles. The molecule has 1 rings (SSSR count). The number of esters is 1. The average Bonchev–Trinajstić information content (AvgIpc) is 2.26. The highest BCUT2D eigenvalue weighted by molar-refractivity contribution is 5.68. The van der Waals surface area contributed by atoms with Gasteiger partial charge in [-0.2, -0.15) is 0 Å². The van der Waals surface area contributed by atoms with Crippen LogP contribution in [0.5, 0.6) is 0 Å².